The van der Waals surface area contributed by atoms with Crippen molar-refractivity contribution < 1.29 is 9.53 Å². The monoisotopic (exact) mass is 379 g/mol. The van der Waals surface area contributed by atoms with Crippen molar-refractivity contribution in [3.63, 3.8) is 0 Å². The Labute approximate surface area is 153 Å². The highest BCUT2D eigenvalue weighted by Crippen LogP contribution is 2.34. The molecule has 1 aliphatic heterocycles. The van der Waals surface area contributed by atoms with Crippen LogP contribution in [0.4, 0.5) is 0 Å². The highest BCUT2D eigenvalue weighted by molar-refractivity contribution is 7.99. The topological polar surface area (TPSA) is 84.1 Å². The molecule has 0 bridgehead atoms. The molecular weight excluding hydrogens is 358 g/mol. The van der Waals surface area contributed by atoms with Crippen molar-refractivity contribution in [3.05, 3.63) is 26.6 Å². The number of rotatable bonds is 6. The number of carbonyl (C=O) groups is 1. The smallest absolute Gasteiger partial charge is 0.259 e. The van der Waals surface area contributed by atoms with Crippen LogP contribution in [0, 0.1) is 0 Å². The number of aryl methyl sites for hydroxylation is 2. The number of hydrogen-bond acceptors (Lipinski definition) is 6. The molecule has 3 heterocycles. The van der Waals surface area contributed by atoms with E-state index in [1.807, 2.05) is 0 Å². The predicted molar refractivity (Wildman–Crippen MR) is 100 cm³/mol. The summed E-state index contributed by atoms with van der Waals surface area (Å²) in [6, 6.07) is 0. The molecule has 1 unspecified atom stereocenters. The van der Waals surface area contributed by atoms with Crippen molar-refractivity contribution in [2.45, 2.75) is 44.0 Å². The van der Waals surface area contributed by atoms with Crippen molar-refractivity contribution in [2.24, 2.45) is 0 Å². The quantitative estimate of drug-likeness (QED) is 0.802. The van der Waals surface area contributed by atoms with Crippen LogP contribution in [0.25, 0.3) is 10.2 Å². The van der Waals surface area contributed by atoms with Crippen molar-refractivity contribution >= 4 is 39.2 Å². The maximum atomic E-state index is 12.4. The molecular formula is C17H21N3O3S2. The molecule has 0 spiro atoms. The fourth-order valence-electron chi connectivity index (χ4n) is 3.44. The number of amides is 1. The van der Waals surface area contributed by atoms with Crippen LogP contribution in [0.3, 0.4) is 0 Å². The molecule has 2 aromatic heterocycles. The van der Waals surface area contributed by atoms with Crippen molar-refractivity contribution in [1.29, 1.82) is 0 Å². The minimum Gasteiger partial charge on any atom is -0.376 e. The van der Waals surface area contributed by atoms with Crippen LogP contribution in [-0.4, -0.2) is 40.9 Å². The third-order valence-corrected chi connectivity index (χ3v) is 6.78. The van der Waals surface area contributed by atoms with E-state index in [2.05, 4.69) is 15.3 Å². The van der Waals surface area contributed by atoms with E-state index in [1.165, 1.54) is 22.2 Å². The summed E-state index contributed by atoms with van der Waals surface area (Å²) in [5.41, 5.74) is 1.16. The van der Waals surface area contributed by atoms with Gasteiger partial charge in [-0.2, -0.15) is 0 Å². The molecule has 0 saturated carbocycles. The minimum absolute atomic E-state index is 0.000903. The van der Waals surface area contributed by atoms with Gasteiger partial charge in [0.15, 0.2) is 0 Å². The van der Waals surface area contributed by atoms with Crippen LogP contribution in [0.2, 0.25) is 0 Å². The van der Waals surface area contributed by atoms with Crippen molar-refractivity contribution in [2.75, 3.05) is 18.9 Å². The van der Waals surface area contributed by atoms with Gasteiger partial charge in [0, 0.05) is 18.0 Å². The highest BCUT2D eigenvalue weighted by atomic mass is 32.2. The predicted octanol–water partition coefficient (Wildman–Crippen LogP) is 2.00. The molecule has 1 fully saturated rings. The van der Waals surface area contributed by atoms with Crippen LogP contribution in [0.5, 0.6) is 0 Å². The lowest BCUT2D eigenvalue weighted by Crippen LogP contribution is -2.32. The van der Waals surface area contributed by atoms with Gasteiger partial charge in [0.25, 0.3) is 5.56 Å². The van der Waals surface area contributed by atoms with E-state index in [-0.39, 0.29) is 17.6 Å². The number of H-pyrrole nitrogens is 1. The zero-order valence-corrected chi connectivity index (χ0v) is 15.6. The van der Waals surface area contributed by atoms with Gasteiger partial charge in [-0.1, -0.05) is 0 Å². The molecule has 8 heteroatoms. The fourth-order valence-corrected chi connectivity index (χ4v) is 5.44. The molecule has 1 saturated heterocycles. The first-order valence-electron chi connectivity index (χ1n) is 8.70. The Hall–Kier alpha value is -1.38. The number of carbonyl (C=O) groups excluding carboxylic acids is 1. The van der Waals surface area contributed by atoms with Gasteiger partial charge in [0.05, 0.1) is 23.0 Å². The van der Waals surface area contributed by atoms with Gasteiger partial charge in [-0.25, -0.2) is 4.98 Å². The average Bonchev–Trinajstić information content (AvgIpc) is 3.29. The number of fused-ring (bicyclic) bond motifs is 3. The Kier molecular flexibility index (Phi) is 5.10. The summed E-state index contributed by atoms with van der Waals surface area (Å²) < 4.78 is 5.49. The van der Waals surface area contributed by atoms with Gasteiger partial charge in [-0.3, -0.25) is 9.59 Å². The molecule has 0 radical (unpaired) electrons. The standard InChI is InChI=1S/C17H21N3O3S2/c21-14(18-7-10-3-2-6-23-10)9-24-8-13-19-16(22)15-11-4-1-5-12(11)25-17(15)20-13/h10H,1-9H2,(H,18,21)(H,19,20,22). The molecule has 134 valence electrons. The van der Waals surface area contributed by atoms with E-state index in [0.717, 1.165) is 48.9 Å². The molecule has 2 aliphatic rings. The largest absolute Gasteiger partial charge is 0.376 e. The summed E-state index contributed by atoms with van der Waals surface area (Å²) in [4.78, 5) is 33.9. The maximum absolute atomic E-state index is 12.4. The molecule has 6 nitrogen and oxygen atoms in total. The summed E-state index contributed by atoms with van der Waals surface area (Å²) in [5, 5.41) is 3.68. The highest BCUT2D eigenvalue weighted by Gasteiger charge is 2.21. The Balaban J connectivity index is 1.32. The Morgan fingerprint density at radius 3 is 3.16 bits per heavy atom. The fraction of sp³-hybridized carbons (Fsp3) is 0.588. The molecule has 1 aliphatic carbocycles. The van der Waals surface area contributed by atoms with Crippen LogP contribution < -0.4 is 10.9 Å². The van der Waals surface area contributed by atoms with Gasteiger partial charge < -0.3 is 15.0 Å². The number of nitrogens with zero attached hydrogens (tertiary/aromatic N) is 1. The Morgan fingerprint density at radius 2 is 2.32 bits per heavy atom. The number of thioether (sulfide) groups is 1. The second-order valence-corrected chi connectivity index (χ2v) is 8.55. The van der Waals surface area contributed by atoms with Gasteiger partial charge in [0.1, 0.15) is 10.7 Å². The molecule has 4 rings (SSSR count). The number of thiophene rings is 1. The van der Waals surface area contributed by atoms with E-state index in [9.17, 15) is 9.59 Å². The lowest BCUT2D eigenvalue weighted by Gasteiger charge is -2.10. The van der Waals surface area contributed by atoms with Crippen LogP contribution >= 0.6 is 23.1 Å². The molecule has 2 aromatic rings. The number of nitrogens with one attached hydrogen (secondary N) is 2. The van der Waals surface area contributed by atoms with Gasteiger partial charge >= 0.3 is 0 Å². The summed E-state index contributed by atoms with van der Waals surface area (Å²) in [7, 11) is 0. The Bertz CT molecular complexity index is 840. The third kappa shape index (κ3) is 3.75. The van der Waals surface area contributed by atoms with Crippen LogP contribution in [0.1, 0.15) is 35.5 Å². The van der Waals surface area contributed by atoms with Crippen molar-refractivity contribution in [1.82, 2.24) is 15.3 Å². The van der Waals surface area contributed by atoms with Crippen LogP contribution in [-0.2, 0) is 28.1 Å². The van der Waals surface area contributed by atoms with E-state index in [4.69, 9.17) is 4.74 Å². The normalized spacial score (nSPS) is 19.4. The number of aromatic amines is 1. The molecule has 0 aromatic carbocycles. The summed E-state index contributed by atoms with van der Waals surface area (Å²) in [6.45, 7) is 1.38. The minimum atomic E-state index is -0.0390. The Morgan fingerprint density at radius 1 is 1.40 bits per heavy atom. The summed E-state index contributed by atoms with van der Waals surface area (Å²) >= 11 is 3.11. The lowest BCUT2D eigenvalue weighted by atomic mass is 10.2. The zero-order valence-electron chi connectivity index (χ0n) is 13.9. The third-order valence-electron chi connectivity index (χ3n) is 4.65. The van der Waals surface area contributed by atoms with Crippen LogP contribution in [0.15, 0.2) is 4.79 Å². The number of aromatic nitrogens is 2. The second kappa shape index (κ2) is 7.47. The van der Waals surface area contributed by atoms with Gasteiger partial charge in [0.2, 0.25) is 5.91 Å². The zero-order chi connectivity index (χ0) is 17.2. The maximum Gasteiger partial charge on any atom is 0.259 e. The summed E-state index contributed by atoms with van der Waals surface area (Å²) in [6.07, 6.45) is 5.43. The summed E-state index contributed by atoms with van der Waals surface area (Å²) in [5.74, 6) is 1.53. The first kappa shape index (κ1) is 17.1. The molecule has 1 atom stereocenters. The molecule has 25 heavy (non-hydrogen) atoms. The first-order chi connectivity index (χ1) is 12.2. The SMILES string of the molecule is O=C(CSCc1nc2sc3c(c2c(=O)[nH]1)CCC3)NCC1CCCO1. The van der Waals surface area contributed by atoms with E-state index in [0.29, 0.717) is 23.9 Å². The number of hydrogen-bond donors (Lipinski definition) is 2. The molecule has 2 N–H and O–H groups in total. The first-order valence-corrected chi connectivity index (χ1v) is 10.7. The second-order valence-electron chi connectivity index (χ2n) is 6.48. The van der Waals surface area contributed by atoms with E-state index >= 15 is 0 Å². The van der Waals surface area contributed by atoms with E-state index in [1.54, 1.807) is 11.3 Å². The molecule has 1 amide bonds. The van der Waals surface area contributed by atoms with Gasteiger partial charge in [-0.05, 0) is 37.7 Å². The van der Waals surface area contributed by atoms with Gasteiger partial charge in [-0.15, -0.1) is 23.1 Å². The average molecular weight is 380 g/mol. The lowest BCUT2D eigenvalue weighted by molar-refractivity contribution is -0.119. The van der Waals surface area contributed by atoms with E-state index < -0.39 is 0 Å². The number of ether oxygens (including phenoxy) is 1. The van der Waals surface area contributed by atoms with Crippen molar-refractivity contribution in [3.8, 4) is 0 Å².